The summed E-state index contributed by atoms with van der Waals surface area (Å²) in [6.07, 6.45) is 0. The maximum absolute atomic E-state index is 12.9. The first kappa shape index (κ1) is 19.5. The van der Waals surface area contributed by atoms with E-state index in [2.05, 4.69) is 15.6 Å². The van der Waals surface area contributed by atoms with Gasteiger partial charge in [-0.1, -0.05) is 77.6 Å². The zero-order valence-electron chi connectivity index (χ0n) is 16.1. The van der Waals surface area contributed by atoms with Crippen molar-refractivity contribution >= 4 is 23.0 Å². The van der Waals surface area contributed by atoms with Gasteiger partial charge in [0.2, 0.25) is 10.6 Å². The zero-order valence-corrected chi connectivity index (χ0v) is 17.0. The average Bonchev–Trinajstić information content (AvgIpc) is 3.23. The minimum absolute atomic E-state index is 0.197. The van der Waals surface area contributed by atoms with Crippen molar-refractivity contribution in [1.29, 1.82) is 0 Å². The van der Waals surface area contributed by atoms with Gasteiger partial charge in [0.05, 0.1) is 5.69 Å². The van der Waals surface area contributed by atoms with E-state index in [0.29, 0.717) is 15.9 Å². The molecule has 148 valence electrons. The van der Waals surface area contributed by atoms with E-state index in [1.807, 2.05) is 43.3 Å². The van der Waals surface area contributed by atoms with Gasteiger partial charge >= 0.3 is 0 Å². The molecule has 0 saturated heterocycles. The minimum atomic E-state index is -0.338. The summed E-state index contributed by atoms with van der Waals surface area (Å²) in [5.74, 6) is -0.535. The van der Waals surface area contributed by atoms with Gasteiger partial charge in [0, 0.05) is 11.1 Å². The summed E-state index contributed by atoms with van der Waals surface area (Å²) in [5, 5.41) is 9.01. The molecule has 1 aromatic heterocycles. The number of benzene rings is 3. The first-order valence-electron chi connectivity index (χ1n) is 9.28. The molecular formula is C23H18N4O2S. The molecule has 6 nitrogen and oxygen atoms in total. The van der Waals surface area contributed by atoms with Crippen LogP contribution in [0.2, 0.25) is 0 Å². The summed E-state index contributed by atoms with van der Waals surface area (Å²) in [6.45, 7) is 1.99. The Labute approximate surface area is 177 Å². The van der Waals surface area contributed by atoms with Crippen LogP contribution in [0.1, 0.15) is 31.3 Å². The average molecular weight is 414 g/mol. The van der Waals surface area contributed by atoms with E-state index in [4.69, 9.17) is 0 Å². The van der Waals surface area contributed by atoms with E-state index in [1.165, 1.54) is 0 Å². The van der Waals surface area contributed by atoms with Gasteiger partial charge in [-0.3, -0.25) is 9.59 Å². The smallest absolute Gasteiger partial charge is 0.271 e. The molecule has 4 aromatic rings. The fraction of sp³-hybridized carbons (Fsp3) is 0.0435. The standard InChI is InChI=1S/C23H18N4O2S/c1-16-12-14-19(15-13-16)27-23(25-24-21(29)18-10-6-3-7-11-18)30-22(26-27)20(28)17-8-4-2-5-9-17/h2-15H,1H3,(H,24,29)/b25-23-. The van der Waals surface area contributed by atoms with E-state index in [1.54, 1.807) is 53.2 Å². The van der Waals surface area contributed by atoms with Gasteiger partial charge in [-0.2, -0.15) is 5.10 Å². The number of ketones is 1. The van der Waals surface area contributed by atoms with Crippen LogP contribution in [0.15, 0.2) is 90.0 Å². The number of hydrogen-bond donors (Lipinski definition) is 1. The van der Waals surface area contributed by atoms with Crippen LogP contribution in [-0.2, 0) is 0 Å². The molecule has 0 atom stereocenters. The SMILES string of the molecule is Cc1ccc(-n2nc(C(=O)c3ccccc3)s/c2=N\NC(=O)c2ccccc2)cc1. The minimum Gasteiger partial charge on any atom is -0.286 e. The molecule has 0 aliphatic heterocycles. The molecule has 0 radical (unpaired) electrons. The highest BCUT2D eigenvalue weighted by atomic mass is 32.1. The second-order valence-corrected chi connectivity index (χ2v) is 7.51. The van der Waals surface area contributed by atoms with Crippen molar-refractivity contribution < 1.29 is 9.59 Å². The van der Waals surface area contributed by atoms with Crippen molar-refractivity contribution in [2.24, 2.45) is 5.10 Å². The van der Waals surface area contributed by atoms with Gasteiger partial charge in [-0.15, -0.1) is 5.10 Å². The van der Waals surface area contributed by atoms with Crippen LogP contribution in [0, 0.1) is 6.92 Å². The largest absolute Gasteiger partial charge is 0.286 e. The molecule has 30 heavy (non-hydrogen) atoms. The van der Waals surface area contributed by atoms with Gasteiger partial charge in [0.25, 0.3) is 5.91 Å². The third-order valence-electron chi connectivity index (χ3n) is 4.36. The van der Waals surface area contributed by atoms with Crippen LogP contribution in [0.4, 0.5) is 0 Å². The summed E-state index contributed by atoms with van der Waals surface area (Å²) < 4.78 is 1.56. The number of hydrogen-bond acceptors (Lipinski definition) is 5. The molecule has 1 amide bonds. The molecule has 0 fully saturated rings. The van der Waals surface area contributed by atoms with Gasteiger partial charge in [-0.05, 0) is 31.2 Å². The van der Waals surface area contributed by atoms with Gasteiger partial charge in [-0.25, -0.2) is 10.1 Å². The highest BCUT2D eigenvalue weighted by Gasteiger charge is 2.16. The molecule has 0 bridgehead atoms. The van der Waals surface area contributed by atoms with Gasteiger partial charge in [0.15, 0.2) is 5.01 Å². The fourth-order valence-electron chi connectivity index (χ4n) is 2.77. The molecule has 3 aromatic carbocycles. The van der Waals surface area contributed by atoms with Crippen LogP contribution in [-0.4, -0.2) is 21.5 Å². The lowest BCUT2D eigenvalue weighted by Crippen LogP contribution is -2.24. The molecule has 0 aliphatic rings. The Bertz CT molecular complexity index is 1240. The maximum Gasteiger partial charge on any atom is 0.271 e. The predicted octanol–water partition coefficient (Wildman–Crippen LogP) is 3.72. The lowest BCUT2D eigenvalue weighted by Gasteiger charge is -2.02. The summed E-state index contributed by atoms with van der Waals surface area (Å²) >= 11 is 1.12. The Morgan fingerprint density at radius 3 is 2.10 bits per heavy atom. The van der Waals surface area contributed by atoms with E-state index in [9.17, 15) is 9.59 Å². The lowest BCUT2D eigenvalue weighted by atomic mass is 10.1. The third-order valence-corrected chi connectivity index (χ3v) is 5.26. The van der Waals surface area contributed by atoms with Crippen molar-refractivity contribution in [2.45, 2.75) is 6.92 Å². The third kappa shape index (κ3) is 4.26. The summed E-state index contributed by atoms with van der Waals surface area (Å²) in [5.41, 5.74) is 5.44. The highest BCUT2D eigenvalue weighted by Crippen LogP contribution is 2.13. The number of nitrogens with zero attached hydrogens (tertiary/aromatic N) is 3. The quantitative estimate of drug-likeness (QED) is 0.399. The fourth-order valence-corrected chi connectivity index (χ4v) is 3.60. The molecule has 1 N–H and O–H groups in total. The number of rotatable bonds is 5. The molecule has 0 saturated carbocycles. The molecule has 0 unspecified atom stereocenters. The van der Waals surface area contributed by atoms with Crippen molar-refractivity contribution in [3.63, 3.8) is 0 Å². The number of amides is 1. The lowest BCUT2D eigenvalue weighted by molar-refractivity contribution is 0.0952. The van der Waals surface area contributed by atoms with E-state index < -0.39 is 0 Å². The molecule has 1 heterocycles. The second kappa shape index (κ2) is 8.67. The Balaban J connectivity index is 1.73. The Kier molecular flexibility index (Phi) is 5.63. The first-order chi connectivity index (χ1) is 14.6. The van der Waals surface area contributed by atoms with Crippen molar-refractivity contribution in [3.05, 3.63) is 111 Å². The monoisotopic (exact) mass is 414 g/mol. The number of carbonyl (C=O) groups excluding carboxylic acids is 2. The van der Waals surface area contributed by atoms with Crippen LogP contribution in [0.5, 0.6) is 0 Å². The van der Waals surface area contributed by atoms with E-state index in [0.717, 1.165) is 22.6 Å². The van der Waals surface area contributed by atoms with Gasteiger partial charge < -0.3 is 0 Å². The first-order valence-corrected chi connectivity index (χ1v) is 10.1. The van der Waals surface area contributed by atoms with Crippen molar-refractivity contribution in [3.8, 4) is 5.69 Å². The Hall–Kier alpha value is -3.84. The summed E-state index contributed by atoms with van der Waals surface area (Å²) in [4.78, 5) is 25.6. The number of nitrogens with one attached hydrogen (secondary N) is 1. The molecule has 0 aliphatic carbocycles. The maximum atomic E-state index is 12.9. The van der Waals surface area contributed by atoms with Gasteiger partial charge in [0.1, 0.15) is 0 Å². The highest BCUT2D eigenvalue weighted by molar-refractivity contribution is 7.11. The molecule has 7 heteroatoms. The normalized spacial score (nSPS) is 11.3. The van der Waals surface area contributed by atoms with E-state index in [-0.39, 0.29) is 16.7 Å². The van der Waals surface area contributed by atoms with Crippen LogP contribution >= 0.6 is 11.3 Å². The zero-order chi connectivity index (χ0) is 20.9. The second-order valence-electron chi connectivity index (χ2n) is 6.55. The number of aryl methyl sites for hydroxylation is 1. The van der Waals surface area contributed by atoms with E-state index >= 15 is 0 Å². The molecular weight excluding hydrogens is 396 g/mol. The van der Waals surface area contributed by atoms with Crippen LogP contribution in [0.3, 0.4) is 0 Å². The predicted molar refractivity (Wildman–Crippen MR) is 116 cm³/mol. The Morgan fingerprint density at radius 2 is 1.47 bits per heavy atom. The molecule has 4 rings (SSSR count). The van der Waals surface area contributed by atoms with Crippen molar-refractivity contribution in [1.82, 2.24) is 15.2 Å². The van der Waals surface area contributed by atoms with Crippen LogP contribution < -0.4 is 10.2 Å². The summed E-state index contributed by atoms with van der Waals surface area (Å²) in [6, 6.07) is 25.5. The summed E-state index contributed by atoms with van der Waals surface area (Å²) in [7, 11) is 0. The van der Waals surface area contributed by atoms with Crippen molar-refractivity contribution in [2.75, 3.05) is 0 Å². The number of carbonyl (C=O) groups is 2. The number of aromatic nitrogens is 2. The topological polar surface area (TPSA) is 76.3 Å². The Morgan fingerprint density at radius 1 is 0.867 bits per heavy atom. The molecule has 0 spiro atoms. The van der Waals surface area contributed by atoms with Crippen LogP contribution in [0.25, 0.3) is 5.69 Å².